The lowest BCUT2D eigenvalue weighted by Gasteiger charge is -2.38. The maximum Gasteiger partial charge on any atom is 0.0589 e. The van der Waals surface area contributed by atoms with Gasteiger partial charge < -0.3 is 5.11 Å². The van der Waals surface area contributed by atoms with Crippen LogP contribution < -0.4 is 0 Å². The van der Waals surface area contributed by atoms with E-state index in [4.69, 9.17) is 0 Å². The minimum absolute atomic E-state index is 0.293. The topological polar surface area (TPSA) is 23.5 Å². The molecule has 0 aliphatic carbocycles. The van der Waals surface area contributed by atoms with Gasteiger partial charge in [0.1, 0.15) is 0 Å². The predicted molar refractivity (Wildman–Crippen MR) is 80.2 cm³/mol. The zero-order valence-electron chi connectivity index (χ0n) is 12.3. The van der Waals surface area contributed by atoms with Crippen LogP contribution in [0.4, 0.5) is 0 Å². The smallest absolute Gasteiger partial charge is 0.0589 e. The van der Waals surface area contributed by atoms with Crippen LogP contribution in [0.15, 0.2) is 30.3 Å². The fourth-order valence-electron chi connectivity index (χ4n) is 3.18. The molecule has 1 heterocycles. The van der Waals surface area contributed by atoms with E-state index in [1.807, 2.05) is 0 Å². The maximum absolute atomic E-state index is 9.51. The molecule has 0 bridgehead atoms. The summed E-state index contributed by atoms with van der Waals surface area (Å²) in [7, 11) is 0. The Bertz CT molecular complexity index is 355. The highest BCUT2D eigenvalue weighted by molar-refractivity contribution is 5.15. The first-order valence-corrected chi connectivity index (χ1v) is 7.59. The number of hydrogen-bond donors (Lipinski definition) is 1. The Morgan fingerprint density at radius 3 is 2.32 bits per heavy atom. The molecule has 1 saturated heterocycles. The predicted octanol–water partition coefficient (Wildman–Crippen LogP) is 2.96. The highest BCUT2D eigenvalue weighted by atomic mass is 16.3. The van der Waals surface area contributed by atoms with Crippen molar-refractivity contribution in [2.24, 2.45) is 11.8 Å². The lowest BCUT2D eigenvalue weighted by molar-refractivity contribution is 0.0608. The van der Waals surface area contributed by atoms with Gasteiger partial charge in [-0.2, -0.15) is 0 Å². The Balaban J connectivity index is 1.82. The molecule has 19 heavy (non-hydrogen) atoms. The summed E-state index contributed by atoms with van der Waals surface area (Å²) in [5.74, 6) is 1.35. The molecule has 0 radical (unpaired) electrons. The number of benzene rings is 1. The average molecular weight is 261 g/mol. The SMILES string of the molecule is CC(C)C(CO)N1CCC(Cc2ccccc2)CC1. The second-order valence-corrected chi connectivity index (χ2v) is 6.16. The summed E-state index contributed by atoms with van der Waals surface area (Å²) in [4.78, 5) is 2.48. The monoisotopic (exact) mass is 261 g/mol. The van der Waals surface area contributed by atoms with Crippen molar-refractivity contribution in [1.29, 1.82) is 0 Å². The Morgan fingerprint density at radius 1 is 1.16 bits per heavy atom. The number of hydrogen-bond acceptors (Lipinski definition) is 2. The molecule has 1 aromatic rings. The first-order chi connectivity index (χ1) is 9.20. The van der Waals surface area contributed by atoms with Crippen molar-refractivity contribution in [2.45, 2.75) is 39.2 Å². The molecular weight excluding hydrogens is 234 g/mol. The summed E-state index contributed by atoms with van der Waals surface area (Å²) in [6, 6.07) is 11.2. The Kier molecular flexibility index (Phi) is 5.41. The molecule has 1 N–H and O–H groups in total. The van der Waals surface area contributed by atoms with Gasteiger partial charge in [-0.05, 0) is 49.8 Å². The van der Waals surface area contributed by atoms with Crippen LogP contribution in [0.3, 0.4) is 0 Å². The maximum atomic E-state index is 9.51. The van der Waals surface area contributed by atoms with Crippen molar-refractivity contribution in [1.82, 2.24) is 4.90 Å². The van der Waals surface area contributed by atoms with E-state index in [1.54, 1.807) is 0 Å². The standard InChI is InChI=1S/C17H27NO/c1-14(2)17(13-19)18-10-8-16(9-11-18)12-15-6-4-3-5-7-15/h3-7,14,16-17,19H,8-13H2,1-2H3. The van der Waals surface area contributed by atoms with Gasteiger partial charge in [0.15, 0.2) is 0 Å². The molecule has 1 atom stereocenters. The van der Waals surface area contributed by atoms with Crippen molar-refractivity contribution >= 4 is 0 Å². The van der Waals surface area contributed by atoms with E-state index >= 15 is 0 Å². The Morgan fingerprint density at radius 2 is 1.79 bits per heavy atom. The fraction of sp³-hybridized carbons (Fsp3) is 0.647. The number of aliphatic hydroxyl groups is 1. The summed E-state index contributed by atoms with van der Waals surface area (Å²) in [5.41, 5.74) is 1.46. The van der Waals surface area contributed by atoms with Crippen molar-refractivity contribution < 1.29 is 5.11 Å². The minimum atomic E-state index is 0.293. The fourth-order valence-corrected chi connectivity index (χ4v) is 3.18. The second kappa shape index (κ2) is 7.06. The van der Waals surface area contributed by atoms with Gasteiger partial charge in [0.25, 0.3) is 0 Å². The number of nitrogens with zero attached hydrogens (tertiary/aromatic N) is 1. The largest absolute Gasteiger partial charge is 0.395 e. The van der Waals surface area contributed by atoms with Gasteiger partial charge in [0.05, 0.1) is 6.61 Å². The molecular formula is C17H27NO. The molecule has 2 heteroatoms. The minimum Gasteiger partial charge on any atom is -0.395 e. The molecule has 1 unspecified atom stereocenters. The Hall–Kier alpha value is -0.860. The zero-order valence-corrected chi connectivity index (χ0v) is 12.3. The van der Waals surface area contributed by atoms with Gasteiger partial charge >= 0.3 is 0 Å². The van der Waals surface area contributed by atoms with E-state index in [-0.39, 0.29) is 0 Å². The molecule has 1 fully saturated rings. The van der Waals surface area contributed by atoms with Gasteiger partial charge in [-0.15, -0.1) is 0 Å². The third-order valence-electron chi connectivity index (χ3n) is 4.44. The lowest BCUT2D eigenvalue weighted by atomic mass is 9.88. The third-order valence-corrected chi connectivity index (χ3v) is 4.44. The second-order valence-electron chi connectivity index (χ2n) is 6.16. The normalized spacial score (nSPS) is 19.8. The van der Waals surface area contributed by atoms with Crippen LogP contribution in [0.2, 0.25) is 0 Å². The summed E-state index contributed by atoms with van der Waals surface area (Å²) < 4.78 is 0. The molecule has 0 aromatic heterocycles. The average Bonchev–Trinajstić information content (AvgIpc) is 2.42. The molecule has 1 aromatic carbocycles. The first kappa shape index (κ1) is 14.5. The van der Waals surface area contributed by atoms with Crippen LogP contribution >= 0.6 is 0 Å². The highest BCUT2D eigenvalue weighted by Crippen LogP contribution is 2.24. The van der Waals surface area contributed by atoms with Crippen LogP contribution in [0.1, 0.15) is 32.3 Å². The number of rotatable bonds is 5. The van der Waals surface area contributed by atoms with Crippen LogP contribution in [-0.2, 0) is 6.42 Å². The molecule has 0 amide bonds. The van der Waals surface area contributed by atoms with Crippen molar-refractivity contribution in [3.63, 3.8) is 0 Å². The summed E-state index contributed by atoms with van der Waals surface area (Å²) in [6.45, 7) is 6.98. The number of likely N-dealkylation sites (tertiary alicyclic amines) is 1. The highest BCUT2D eigenvalue weighted by Gasteiger charge is 2.26. The van der Waals surface area contributed by atoms with Gasteiger partial charge in [-0.3, -0.25) is 4.90 Å². The number of piperidine rings is 1. The van der Waals surface area contributed by atoms with Gasteiger partial charge in [0.2, 0.25) is 0 Å². The molecule has 1 aliphatic rings. The molecule has 2 nitrogen and oxygen atoms in total. The van der Waals surface area contributed by atoms with Crippen LogP contribution in [0.25, 0.3) is 0 Å². The molecule has 106 valence electrons. The quantitative estimate of drug-likeness (QED) is 0.881. The summed E-state index contributed by atoms with van der Waals surface area (Å²) in [5, 5.41) is 9.51. The number of aliphatic hydroxyl groups excluding tert-OH is 1. The van der Waals surface area contributed by atoms with Gasteiger partial charge in [-0.1, -0.05) is 44.2 Å². The Labute approximate surface area is 117 Å². The van der Waals surface area contributed by atoms with Crippen molar-refractivity contribution in [3.8, 4) is 0 Å². The van der Waals surface area contributed by atoms with Crippen molar-refractivity contribution in [2.75, 3.05) is 19.7 Å². The molecule has 2 rings (SSSR count). The molecule has 0 saturated carbocycles. The third kappa shape index (κ3) is 4.05. The summed E-state index contributed by atoms with van der Waals surface area (Å²) >= 11 is 0. The lowest BCUT2D eigenvalue weighted by Crippen LogP contribution is -2.46. The van der Waals surface area contributed by atoms with Gasteiger partial charge in [0, 0.05) is 6.04 Å². The van der Waals surface area contributed by atoms with Crippen molar-refractivity contribution in [3.05, 3.63) is 35.9 Å². The molecule has 0 spiro atoms. The van der Waals surface area contributed by atoms with E-state index in [1.165, 1.54) is 24.8 Å². The van der Waals surface area contributed by atoms with E-state index in [2.05, 4.69) is 49.1 Å². The van der Waals surface area contributed by atoms with Crippen LogP contribution in [-0.4, -0.2) is 35.7 Å². The van der Waals surface area contributed by atoms with E-state index in [0.29, 0.717) is 18.6 Å². The van der Waals surface area contributed by atoms with E-state index < -0.39 is 0 Å². The van der Waals surface area contributed by atoms with E-state index in [0.717, 1.165) is 19.0 Å². The zero-order chi connectivity index (χ0) is 13.7. The van der Waals surface area contributed by atoms with Crippen LogP contribution in [0.5, 0.6) is 0 Å². The molecule has 1 aliphatic heterocycles. The van der Waals surface area contributed by atoms with E-state index in [9.17, 15) is 5.11 Å². The first-order valence-electron chi connectivity index (χ1n) is 7.59. The van der Waals surface area contributed by atoms with Gasteiger partial charge in [-0.25, -0.2) is 0 Å². The summed E-state index contributed by atoms with van der Waals surface area (Å²) in [6.07, 6.45) is 3.73. The van der Waals surface area contributed by atoms with Crippen LogP contribution in [0, 0.1) is 11.8 Å².